The van der Waals surface area contributed by atoms with E-state index in [1.54, 1.807) is 4.68 Å². The minimum Gasteiger partial charge on any atom is -0.308 e. The summed E-state index contributed by atoms with van der Waals surface area (Å²) in [7, 11) is 1.91. The topological polar surface area (TPSA) is 68.2 Å². The Bertz CT molecular complexity index is 413. The molecule has 100 valence electrons. The molecule has 18 heavy (non-hydrogen) atoms. The van der Waals surface area contributed by atoms with Crippen LogP contribution in [0.3, 0.4) is 0 Å². The number of hydrazine groups is 1. The Balaban J connectivity index is 2.18. The highest BCUT2D eigenvalue weighted by Crippen LogP contribution is 2.20. The second-order valence-corrected chi connectivity index (χ2v) is 5.07. The molecular weight excluding hydrogens is 226 g/mol. The number of nitrogens with one attached hydrogen (secondary N) is 1. The molecular formula is C13H23N5. The van der Waals surface area contributed by atoms with Gasteiger partial charge in [-0.15, -0.1) is 0 Å². The summed E-state index contributed by atoms with van der Waals surface area (Å²) in [5.41, 5.74) is 4.70. The van der Waals surface area contributed by atoms with E-state index in [1.165, 1.54) is 38.5 Å². The maximum absolute atomic E-state index is 5.62. The van der Waals surface area contributed by atoms with Gasteiger partial charge in [0.1, 0.15) is 5.84 Å². The summed E-state index contributed by atoms with van der Waals surface area (Å²) in [6.07, 6.45) is 9.53. The van der Waals surface area contributed by atoms with Crippen LogP contribution >= 0.6 is 0 Å². The lowest BCUT2D eigenvalue weighted by atomic mass is 10.1. The first-order chi connectivity index (χ1) is 8.70. The van der Waals surface area contributed by atoms with Gasteiger partial charge in [-0.25, -0.2) is 5.84 Å². The van der Waals surface area contributed by atoms with Crippen molar-refractivity contribution in [3.05, 3.63) is 17.5 Å². The van der Waals surface area contributed by atoms with Crippen molar-refractivity contribution in [1.29, 1.82) is 0 Å². The smallest absolute Gasteiger partial charge is 0.146 e. The van der Waals surface area contributed by atoms with Crippen LogP contribution in [0.15, 0.2) is 11.2 Å². The molecule has 1 aliphatic rings. The largest absolute Gasteiger partial charge is 0.308 e. The summed E-state index contributed by atoms with van der Waals surface area (Å²) in [4.78, 5) is 4.79. The molecule has 1 aliphatic carbocycles. The molecule has 0 amide bonds. The molecule has 0 bridgehead atoms. The highest BCUT2D eigenvalue weighted by molar-refractivity contribution is 5.99. The standard InChI is InChI=1S/C13H23N5/c1-10-12(9-18(2)17-10)13(16-14)15-11-7-5-3-4-6-8-11/h9,11H,3-8,14H2,1-2H3,(H,15,16). The molecule has 1 saturated carbocycles. The number of aromatic nitrogens is 2. The summed E-state index contributed by atoms with van der Waals surface area (Å²) in [5.74, 6) is 6.39. The van der Waals surface area contributed by atoms with Crippen molar-refractivity contribution in [3.8, 4) is 0 Å². The van der Waals surface area contributed by atoms with E-state index >= 15 is 0 Å². The second-order valence-electron chi connectivity index (χ2n) is 5.07. The molecule has 1 aromatic heterocycles. The monoisotopic (exact) mass is 249 g/mol. The maximum atomic E-state index is 5.62. The Kier molecular flexibility index (Phi) is 4.36. The lowest BCUT2D eigenvalue weighted by molar-refractivity contribution is 0.583. The van der Waals surface area contributed by atoms with Crippen molar-refractivity contribution in [3.63, 3.8) is 0 Å². The highest BCUT2D eigenvalue weighted by atomic mass is 15.3. The summed E-state index contributed by atoms with van der Waals surface area (Å²) < 4.78 is 1.80. The highest BCUT2D eigenvalue weighted by Gasteiger charge is 2.15. The van der Waals surface area contributed by atoms with Gasteiger partial charge in [0, 0.05) is 13.2 Å². The molecule has 0 saturated heterocycles. The van der Waals surface area contributed by atoms with Gasteiger partial charge in [-0.1, -0.05) is 25.7 Å². The molecule has 0 radical (unpaired) electrons. The van der Waals surface area contributed by atoms with Crippen molar-refractivity contribution in [2.45, 2.75) is 51.5 Å². The molecule has 2 rings (SSSR count). The van der Waals surface area contributed by atoms with E-state index in [9.17, 15) is 0 Å². The van der Waals surface area contributed by atoms with Crippen molar-refractivity contribution in [1.82, 2.24) is 15.2 Å². The van der Waals surface area contributed by atoms with Gasteiger partial charge in [-0.05, 0) is 19.8 Å². The Hall–Kier alpha value is -1.36. The quantitative estimate of drug-likeness (QED) is 0.275. The zero-order chi connectivity index (χ0) is 13.0. The minimum absolute atomic E-state index is 0.401. The number of hydrogen-bond acceptors (Lipinski definition) is 3. The second kappa shape index (κ2) is 6.00. The van der Waals surface area contributed by atoms with Gasteiger partial charge in [-0.2, -0.15) is 5.10 Å². The molecule has 5 nitrogen and oxygen atoms in total. The average molecular weight is 249 g/mol. The van der Waals surface area contributed by atoms with E-state index in [2.05, 4.69) is 10.5 Å². The van der Waals surface area contributed by atoms with Crippen LogP contribution < -0.4 is 11.3 Å². The SMILES string of the molecule is Cc1nn(C)cc1C(=NC1CCCCCC1)NN. The van der Waals surface area contributed by atoms with E-state index < -0.39 is 0 Å². The third-order valence-electron chi connectivity index (χ3n) is 3.54. The summed E-state index contributed by atoms with van der Waals surface area (Å²) in [6, 6.07) is 0.401. The van der Waals surface area contributed by atoms with Crippen molar-refractivity contribution < 1.29 is 0 Å². The number of amidine groups is 1. The zero-order valence-electron chi connectivity index (χ0n) is 11.3. The first kappa shape index (κ1) is 13.1. The van der Waals surface area contributed by atoms with Crippen LogP contribution in [0, 0.1) is 6.92 Å². The predicted molar refractivity (Wildman–Crippen MR) is 73.3 cm³/mol. The fraction of sp³-hybridized carbons (Fsp3) is 0.692. The molecule has 0 aliphatic heterocycles. The molecule has 1 aromatic rings. The Morgan fingerprint density at radius 2 is 2.06 bits per heavy atom. The summed E-state index contributed by atoms with van der Waals surface area (Å²) in [5, 5.41) is 4.33. The van der Waals surface area contributed by atoms with E-state index in [1.807, 2.05) is 20.2 Å². The molecule has 5 heteroatoms. The van der Waals surface area contributed by atoms with E-state index in [0.717, 1.165) is 17.1 Å². The van der Waals surface area contributed by atoms with E-state index in [0.29, 0.717) is 6.04 Å². The van der Waals surface area contributed by atoms with Crippen LogP contribution in [0.5, 0.6) is 0 Å². The molecule has 1 fully saturated rings. The molecule has 0 spiro atoms. The first-order valence-corrected chi connectivity index (χ1v) is 6.75. The van der Waals surface area contributed by atoms with E-state index in [4.69, 9.17) is 10.8 Å². The van der Waals surface area contributed by atoms with Crippen LogP contribution in [0.25, 0.3) is 0 Å². The van der Waals surface area contributed by atoms with Gasteiger partial charge in [0.15, 0.2) is 0 Å². The third-order valence-corrected chi connectivity index (χ3v) is 3.54. The van der Waals surface area contributed by atoms with E-state index in [-0.39, 0.29) is 0 Å². The van der Waals surface area contributed by atoms with Crippen LogP contribution in [0.1, 0.15) is 49.8 Å². The van der Waals surface area contributed by atoms with Crippen molar-refractivity contribution in [2.75, 3.05) is 0 Å². The summed E-state index contributed by atoms with van der Waals surface area (Å²) in [6.45, 7) is 1.98. The van der Waals surface area contributed by atoms with Gasteiger partial charge < -0.3 is 5.43 Å². The number of nitrogens with zero attached hydrogens (tertiary/aromatic N) is 3. The van der Waals surface area contributed by atoms with Gasteiger partial charge in [0.25, 0.3) is 0 Å². The average Bonchev–Trinajstić information content (AvgIpc) is 2.57. The number of nitrogens with two attached hydrogens (primary N) is 1. The number of hydrogen-bond donors (Lipinski definition) is 2. The Labute approximate surface area is 108 Å². The third kappa shape index (κ3) is 3.10. The van der Waals surface area contributed by atoms with Crippen molar-refractivity contribution in [2.24, 2.45) is 17.9 Å². The molecule has 0 aromatic carbocycles. The fourth-order valence-electron chi connectivity index (χ4n) is 2.59. The molecule has 0 atom stereocenters. The van der Waals surface area contributed by atoms with Crippen LogP contribution in [0.2, 0.25) is 0 Å². The fourth-order valence-corrected chi connectivity index (χ4v) is 2.59. The minimum atomic E-state index is 0.401. The zero-order valence-corrected chi connectivity index (χ0v) is 11.3. The lowest BCUT2D eigenvalue weighted by Crippen LogP contribution is -2.32. The predicted octanol–water partition coefficient (Wildman–Crippen LogP) is 1.66. The number of rotatable bonds is 2. The van der Waals surface area contributed by atoms with Crippen molar-refractivity contribution >= 4 is 5.84 Å². The molecule has 3 N–H and O–H groups in total. The first-order valence-electron chi connectivity index (χ1n) is 6.75. The Morgan fingerprint density at radius 1 is 1.39 bits per heavy atom. The van der Waals surface area contributed by atoms with Crippen LogP contribution in [0.4, 0.5) is 0 Å². The van der Waals surface area contributed by atoms with Crippen LogP contribution in [-0.2, 0) is 7.05 Å². The van der Waals surface area contributed by atoms with Gasteiger partial charge in [0.05, 0.1) is 17.3 Å². The maximum Gasteiger partial charge on any atom is 0.146 e. The summed E-state index contributed by atoms with van der Waals surface area (Å²) >= 11 is 0. The number of aliphatic imine (C=N–C) groups is 1. The molecule has 0 unspecified atom stereocenters. The number of aryl methyl sites for hydroxylation is 2. The molecule has 1 heterocycles. The van der Waals surface area contributed by atoms with Gasteiger partial charge in [-0.3, -0.25) is 9.67 Å². The normalized spacial score (nSPS) is 18.7. The van der Waals surface area contributed by atoms with Gasteiger partial charge >= 0.3 is 0 Å². The van der Waals surface area contributed by atoms with Crippen LogP contribution in [-0.4, -0.2) is 21.7 Å². The lowest BCUT2D eigenvalue weighted by Gasteiger charge is -2.12. The Morgan fingerprint density at radius 3 is 2.56 bits per heavy atom. The van der Waals surface area contributed by atoms with Gasteiger partial charge in [0.2, 0.25) is 0 Å².